The molecule has 0 aromatic carbocycles. The van der Waals surface area contributed by atoms with Crippen LogP contribution in [0.15, 0.2) is 24.4 Å². The summed E-state index contributed by atoms with van der Waals surface area (Å²) in [7, 11) is 0. The van der Waals surface area contributed by atoms with Gasteiger partial charge in [-0.25, -0.2) is 4.98 Å². The zero-order valence-corrected chi connectivity index (χ0v) is 12.8. The largest absolute Gasteiger partial charge is 0.308 e. The van der Waals surface area contributed by atoms with E-state index in [0.717, 1.165) is 23.9 Å². The molecule has 112 valence electrons. The number of hydrogen-bond donors (Lipinski definition) is 1. The summed E-state index contributed by atoms with van der Waals surface area (Å²) in [4.78, 5) is 7.32. The molecule has 0 saturated carbocycles. The van der Waals surface area contributed by atoms with Crippen LogP contribution in [0.3, 0.4) is 0 Å². The number of aromatic nitrogens is 2. The number of imidazole rings is 1. The van der Waals surface area contributed by atoms with E-state index < -0.39 is 0 Å². The molecule has 4 heterocycles. The van der Waals surface area contributed by atoms with Crippen LogP contribution in [0.2, 0.25) is 0 Å². The minimum Gasteiger partial charge on any atom is -0.308 e. The first-order valence-electron chi connectivity index (χ1n) is 8.21. The van der Waals surface area contributed by atoms with Crippen molar-refractivity contribution in [3.05, 3.63) is 35.8 Å². The van der Waals surface area contributed by atoms with E-state index in [1.807, 2.05) is 0 Å². The molecule has 1 N–H and O–H groups in total. The van der Waals surface area contributed by atoms with Gasteiger partial charge in [0.1, 0.15) is 5.65 Å². The Labute approximate surface area is 126 Å². The smallest absolute Gasteiger partial charge is 0.137 e. The Morgan fingerprint density at radius 3 is 3.19 bits per heavy atom. The second-order valence-electron chi connectivity index (χ2n) is 6.51. The molecule has 0 bridgehead atoms. The normalized spacial score (nSPS) is 26.3. The number of aryl methyl sites for hydroxylation is 1. The second-order valence-corrected chi connectivity index (χ2v) is 6.51. The van der Waals surface area contributed by atoms with Gasteiger partial charge in [-0.2, -0.15) is 0 Å². The van der Waals surface area contributed by atoms with Gasteiger partial charge >= 0.3 is 0 Å². The average molecular weight is 284 g/mol. The molecule has 2 aromatic heterocycles. The Morgan fingerprint density at radius 2 is 2.24 bits per heavy atom. The summed E-state index contributed by atoms with van der Waals surface area (Å²) in [6.45, 7) is 5.64. The Bertz CT molecular complexity index is 633. The zero-order chi connectivity index (χ0) is 14.2. The molecule has 0 spiro atoms. The monoisotopic (exact) mass is 284 g/mol. The van der Waals surface area contributed by atoms with Crippen LogP contribution in [-0.4, -0.2) is 39.5 Å². The zero-order valence-electron chi connectivity index (χ0n) is 12.8. The summed E-state index contributed by atoms with van der Waals surface area (Å²) < 4.78 is 2.22. The lowest BCUT2D eigenvalue weighted by molar-refractivity contribution is 0.166. The van der Waals surface area contributed by atoms with Gasteiger partial charge in [-0.05, 0) is 57.8 Å². The van der Waals surface area contributed by atoms with Crippen molar-refractivity contribution in [3.8, 4) is 0 Å². The topological polar surface area (TPSA) is 32.6 Å². The maximum Gasteiger partial charge on any atom is 0.137 e. The van der Waals surface area contributed by atoms with Gasteiger partial charge in [0.05, 0.1) is 11.4 Å². The summed E-state index contributed by atoms with van der Waals surface area (Å²) in [5, 5.41) is 3.78. The fourth-order valence-corrected chi connectivity index (χ4v) is 4.03. The van der Waals surface area contributed by atoms with E-state index in [9.17, 15) is 0 Å². The molecule has 2 aliphatic heterocycles. The van der Waals surface area contributed by atoms with Crippen LogP contribution in [0.25, 0.3) is 5.65 Å². The highest BCUT2D eigenvalue weighted by Crippen LogP contribution is 2.27. The van der Waals surface area contributed by atoms with E-state index in [4.69, 9.17) is 0 Å². The molecule has 2 aliphatic rings. The van der Waals surface area contributed by atoms with E-state index in [2.05, 4.69) is 50.9 Å². The fraction of sp³-hybridized carbons (Fsp3) is 0.588. The van der Waals surface area contributed by atoms with E-state index in [-0.39, 0.29) is 0 Å². The van der Waals surface area contributed by atoms with E-state index in [1.165, 1.54) is 44.5 Å². The van der Waals surface area contributed by atoms with Crippen LogP contribution in [0, 0.1) is 6.92 Å². The molecule has 0 aliphatic carbocycles. The van der Waals surface area contributed by atoms with Crippen LogP contribution in [0.4, 0.5) is 0 Å². The van der Waals surface area contributed by atoms with Crippen molar-refractivity contribution in [2.24, 2.45) is 0 Å². The summed E-state index contributed by atoms with van der Waals surface area (Å²) in [5.74, 6) is 0. The number of nitrogens with one attached hydrogen (secondary N) is 1. The van der Waals surface area contributed by atoms with Crippen LogP contribution >= 0.6 is 0 Å². The summed E-state index contributed by atoms with van der Waals surface area (Å²) in [6.07, 6.45) is 7.50. The first kappa shape index (κ1) is 13.3. The third kappa shape index (κ3) is 2.47. The number of pyridine rings is 1. The Hall–Kier alpha value is -1.39. The second kappa shape index (κ2) is 5.43. The summed E-state index contributed by atoms with van der Waals surface area (Å²) in [6, 6.07) is 7.70. The molecule has 4 nitrogen and oxygen atoms in total. The van der Waals surface area contributed by atoms with Crippen molar-refractivity contribution in [2.45, 2.75) is 51.2 Å². The lowest BCUT2D eigenvalue weighted by Gasteiger charge is -2.35. The van der Waals surface area contributed by atoms with Gasteiger partial charge in [-0.1, -0.05) is 6.07 Å². The van der Waals surface area contributed by atoms with E-state index >= 15 is 0 Å². The molecule has 4 heteroatoms. The Kier molecular flexibility index (Phi) is 3.43. The average Bonchev–Trinajstić information content (AvgIpc) is 3.08. The van der Waals surface area contributed by atoms with Gasteiger partial charge < -0.3 is 14.6 Å². The van der Waals surface area contributed by atoms with Crippen LogP contribution in [-0.2, 0) is 6.54 Å². The quantitative estimate of drug-likeness (QED) is 0.939. The van der Waals surface area contributed by atoms with Crippen molar-refractivity contribution in [1.82, 2.24) is 19.6 Å². The van der Waals surface area contributed by atoms with Crippen LogP contribution < -0.4 is 5.32 Å². The standard InChI is InChI=1S/C17H24N4/c1-13-16(21-9-3-2-6-17(21)19-13)12-18-14-7-10-20-8-4-5-15(20)11-14/h2-3,6,9,14-15,18H,4-5,7-8,10-12H2,1H3. The first-order valence-corrected chi connectivity index (χ1v) is 8.21. The number of rotatable bonds is 3. The number of piperidine rings is 1. The Balaban J connectivity index is 1.45. The van der Waals surface area contributed by atoms with Crippen LogP contribution in [0.1, 0.15) is 37.1 Å². The molecule has 0 radical (unpaired) electrons. The molecule has 2 aromatic rings. The highest BCUT2D eigenvalue weighted by Gasteiger charge is 2.31. The molecule has 2 fully saturated rings. The van der Waals surface area contributed by atoms with Gasteiger partial charge in [0.15, 0.2) is 0 Å². The van der Waals surface area contributed by atoms with Gasteiger partial charge in [0.2, 0.25) is 0 Å². The molecular weight excluding hydrogens is 260 g/mol. The minimum atomic E-state index is 0.665. The molecule has 2 unspecified atom stereocenters. The predicted octanol–water partition coefficient (Wildman–Crippen LogP) is 2.36. The first-order chi connectivity index (χ1) is 10.3. The highest BCUT2D eigenvalue weighted by atomic mass is 15.2. The maximum atomic E-state index is 4.64. The molecule has 2 atom stereocenters. The SMILES string of the molecule is Cc1nc2ccccn2c1CNC1CCN2CCCC2C1. The van der Waals surface area contributed by atoms with Crippen molar-refractivity contribution in [1.29, 1.82) is 0 Å². The van der Waals surface area contributed by atoms with Gasteiger partial charge in [0.25, 0.3) is 0 Å². The highest BCUT2D eigenvalue weighted by molar-refractivity contribution is 5.42. The lowest BCUT2D eigenvalue weighted by Crippen LogP contribution is -2.45. The molecule has 0 amide bonds. The van der Waals surface area contributed by atoms with Crippen molar-refractivity contribution in [2.75, 3.05) is 13.1 Å². The van der Waals surface area contributed by atoms with Gasteiger partial charge in [-0.3, -0.25) is 0 Å². The maximum absolute atomic E-state index is 4.64. The fourth-order valence-electron chi connectivity index (χ4n) is 4.03. The molecule has 4 rings (SSSR count). The minimum absolute atomic E-state index is 0.665. The van der Waals surface area contributed by atoms with Crippen LogP contribution in [0.5, 0.6) is 0 Å². The van der Waals surface area contributed by atoms with Gasteiger partial charge in [0, 0.05) is 24.8 Å². The van der Waals surface area contributed by atoms with Crippen molar-refractivity contribution >= 4 is 5.65 Å². The number of hydrogen-bond acceptors (Lipinski definition) is 3. The number of nitrogens with zero attached hydrogens (tertiary/aromatic N) is 3. The van der Waals surface area contributed by atoms with Crippen molar-refractivity contribution in [3.63, 3.8) is 0 Å². The molecule has 21 heavy (non-hydrogen) atoms. The molecular formula is C17H24N4. The Morgan fingerprint density at radius 1 is 1.29 bits per heavy atom. The van der Waals surface area contributed by atoms with Crippen molar-refractivity contribution < 1.29 is 0 Å². The van der Waals surface area contributed by atoms with E-state index in [0.29, 0.717) is 6.04 Å². The van der Waals surface area contributed by atoms with Gasteiger partial charge in [-0.15, -0.1) is 0 Å². The molecule has 2 saturated heterocycles. The lowest BCUT2D eigenvalue weighted by atomic mass is 9.97. The predicted molar refractivity (Wildman–Crippen MR) is 84.4 cm³/mol. The summed E-state index contributed by atoms with van der Waals surface area (Å²) in [5.41, 5.74) is 3.50. The van der Waals surface area contributed by atoms with E-state index in [1.54, 1.807) is 0 Å². The summed E-state index contributed by atoms with van der Waals surface area (Å²) >= 11 is 0. The number of fused-ring (bicyclic) bond motifs is 2. The third-order valence-electron chi connectivity index (χ3n) is 5.21. The third-order valence-corrected chi connectivity index (χ3v) is 5.21.